The second-order valence-electron chi connectivity index (χ2n) is 12.4. The van der Waals surface area contributed by atoms with Gasteiger partial charge in [0.25, 0.3) is 0 Å². The first-order chi connectivity index (χ1) is 22.2. The van der Waals surface area contributed by atoms with Crippen LogP contribution < -0.4 is 25.0 Å². The number of aromatic nitrogens is 2. The van der Waals surface area contributed by atoms with E-state index in [0.29, 0.717) is 22.2 Å². The van der Waals surface area contributed by atoms with Gasteiger partial charge in [-0.15, -0.1) is 0 Å². The van der Waals surface area contributed by atoms with Gasteiger partial charge in [-0.05, 0) is 64.8 Å². The van der Waals surface area contributed by atoms with Crippen molar-refractivity contribution in [3.05, 3.63) is 65.9 Å². The first-order valence-electron chi connectivity index (χ1n) is 15.0. The number of ether oxygens (including phenoxy) is 2. The molecule has 0 radical (unpaired) electrons. The predicted octanol–water partition coefficient (Wildman–Crippen LogP) is 5.66. The molecule has 0 aliphatic carbocycles. The highest BCUT2D eigenvalue weighted by atomic mass is 35.5. The standard InChI is InChI=1S/C31H38ClN7O6S2/c1-20-27(36-29(41)45-30(2,3)4)31(19-44-20)13-15-39(16-14-31)24-17-34-25(18-33-24)46-23-12-8-11-22(26(23)32)37-47(42,43)38-28(40)35-21-9-6-5-7-10-21/h5-12,17-18,20,27,37H,13-16,19H2,1-4H3,(H,36,41)(H2,35,38,40)/t20-,27+/m0/s1. The molecule has 2 aromatic carbocycles. The van der Waals surface area contributed by atoms with E-state index in [1.54, 1.807) is 54.9 Å². The van der Waals surface area contributed by atoms with E-state index in [1.165, 1.54) is 17.8 Å². The number of rotatable bonds is 8. The lowest BCUT2D eigenvalue weighted by Crippen LogP contribution is -2.55. The molecule has 16 heteroatoms. The third-order valence-electron chi connectivity index (χ3n) is 7.81. The van der Waals surface area contributed by atoms with Gasteiger partial charge in [0.2, 0.25) is 0 Å². The molecule has 3 amide bonds. The Morgan fingerprint density at radius 2 is 1.79 bits per heavy atom. The zero-order valence-corrected chi connectivity index (χ0v) is 28.8. The highest BCUT2D eigenvalue weighted by molar-refractivity contribution is 7.99. The highest BCUT2D eigenvalue weighted by Crippen LogP contribution is 2.43. The summed E-state index contributed by atoms with van der Waals surface area (Å²) in [7, 11) is -4.29. The van der Waals surface area contributed by atoms with Gasteiger partial charge in [0.05, 0.1) is 41.9 Å². The smallest absolute Gasteiger partial charge is 0.407 e. The monoisotopic (exact) mass is 703 g/mol. The minimum atomic E-state index is -4.29. The van der Waals surface area contributed by atoms with Gasteiger partial charge in [0.15, 0.2) is 0 Å². The number of amides is 3. The van der Waals surface area contributed by atoms with Gasteiger partial charge in [-0.25, -0.2) is 24.3 Å². The summed E-state index contributed by atoms with van der Waals surface area (Å²) in [6.45, 7) is 9.50. The van der Waals surface area contributed by atoms with E-state index in [4.69, 9.17) is 21.1 Å². The largest absolute Gasteiger partial charge is 0.444 e. The van der Waals surface area contributed by atoms with Crippen LogP contribution in [0.1, 0.15) is 40.5 Å². The number of nitrogens with one attached hydrogen (secondary N) is 4. The Hall–Kier alpha value is -3.79. The molecule has 252 valence electrons. The number of urea groups is 1. The molecule has 2 atom stereocenters. The molecule has 0 bridgehead atoms. The number of anilines is 3. The van der Waals surface area contributed by atoms with E-state index in [0.717, 1.165) is 31.7 Å². The summed E-state index contributed by atoms with van der Waals surface area (Å²) < 4.78 is 40.9. The molecule has 0 unspecified atom stereocenters. The minimum Gasteiger partial charge on any atom is -0.444 e. The zero-order chi connectivity index (χ0) is 33.8. The summed E-state index contributed by atoms with van der Waals surface area (Å²) in [6.07, 6.45) is 4.38. The SMILES string of the molecule is C[C@@H]1OCC2(CCN(c3cnc(Sc4cccc(NS(=O)(=O)NC(=O)Nc5ccccc5)c4Cl)cn3)CC2)[C@@H]1NC(=O)OC(C)(C)C. The lowest BCUT2D eigenvalue weighted by Gasteiger charge is -2.42. The lowest BCUT2D eigenvalue weighted by atomic mass is 9.73. The van der Waals surface area contributed by atoms with Gasteiger partial charge in [-0.1, -0.05) is 47.6 Å². The fourth-order valence-corrected chi connectivity index (χ4v) is 7.53. The second-order valence-corrected chi connectivity index (χ2v) is 15.3. The topological polar surface area (TPSA) is 164 Å². The number of piperidine rings is 1. The van der Waals surface area contributed by atoms with Crippen LogP contribution in [-0.2, 0) is 19.7 Å². The normalized spacial score (nSPS) is 19.2. The van der Waals surface area contributed by atoms with Crippen LogP contribution >= 0.6 is 23.4 Å². The van der Waals surface area contributed by atoms with Crippen LogP contribution in [0.5, 0.6) is 0 Å². The molecule has 47 heavy (non-hydrogen) atoms. The van der Waals surface area contributed by atoms with E-state index in [9.17, 15) is 18.0 Å². The van der Waals surface area contributed by atoms with Crippen LogP contribution in [0.4, 0.5) is 26.8 Å². The Balaban J connectivity index is 1.17. The van der Waals surface area contributed by atoms with Crippen LogP contribution in [0.25, 0.3) is 0 Å². The molecule has 1 aromatic heterocycles. The molecule has 1 spiro atoms. The molecule has 0 saturated carbocycles. The maximum atomic E-state index is 12.6. The number of hydrogen-bond donors (Lipinski definition) is 4. The summed E-state index contributed by atoms with van der Waals surface area (Å²) in [5.74, 6) is 0.722. The molecule has 3 aromatic rings. The van der Waals surface area contributed by atoms with Gasteiger partial charge in [-0.2, -0.15) is 8.42 Å². The Labute approximate surface area is 283 Å². The van der Waals surface area contributed by atoms with Crippen molar-refractivity contribution in [1.82, 2.24) is 20.0 Å². The number of carbonyl (C=O) groups excluding carboxylic acids is 2. The number of alkyl carbamates (subject to hydrolysis) is 1. The first-order valence-corrected chi connectivity index (χ1v) is 17.7. The van der Waals surface area contributed by atoms with Crippen molar-refractivity contribution in [3.8, 4) is 0 Å². The number of hydrogen-bond acceptors (Lipinski definition) is 10. The van der Waals surface area contributed by atoms with Crippen LogP contribution in [-0.4, -0.2) is 68.0 Å². The van der Waals surface area contributed by atoms with E-state index >= 15 is 0 Å². The number of nitrogens with zero attached hydrogens (tertiary/aromatic N) is 3. The minimum absolute atomic E-state index is 0.0909. The van der Waals surface area contributed by atoms with Gasteiger partial charge in [-0.3, -0.25) is 4.72 Å². The van der Waals surface area contributed by atoms with Crippen molar-refractivity contribution < 1.29 is 27.5 Å². The van der Waals surface area contributed by atoms with Crippen LogP contribution in [0.15, 0.2) is 70.8 Å². The molecular weight excluding hydrogens is 666 g/mol. The molecule has 3 heterocycles. The molecule has 2 saturated heterocycles. The Morgan fingerprint density at radius 1 is 1.06 bits per heavy atom. The molecular formula is C31H38ClN7O6S2. The van der Waals surface area contributed by atoms with Gasteiger partial charge in [0, 0.05) is 29.1 Å². The fraction of sp³-hybridized carbons (Fsp3) is 0.419. The maximum Gasteiger partial charge on any atom is 0.407 e. The van der Waals surface area contributed by atoms with E-state index in [1.807, 2.05) is 32.4 Å². The number of benzene rings is 2. The van der Waals surface area contributed by atoms with Crippen molar-refractivity contribution in [3.63, 3.8) is 0 Å². The summed E-state index contributed by atoms with van der Waals surface area (Å²) in [6, 6.07) is 12.2. The predicted molar refractivity (Wildman–Crippen MR) is 181 cm³/mol. The summed E-state index contributed by atoms with van der Waals surface area (Å²) >= 11 is 7.77. The highest BCUT2D eigenvalue weighted by Gasteiger charge is 2.50. The third-order valence-corrected chi connectivity index (χ3v) is 10.3. The fourth-order valence-electron chi connectivity index (χ4n) is 5.60. The van der Waals surface area contributed by atoms with Crippen molar-refractivity contribution in [1.29, 1.82) is 0 Å². The van der Waals surface area contributed by atoms with Crippen LogP contribution in [0, 0.1) is 5.41 Å². The van der Waals surface area contributed by atoms with Crippen LogP contribution in [0.2, 0.25) is 5.02 Å². The number of carbonyl (C=O) groups is 2. The molecule has 4 N–H and O–H groups in total. The van der Waals surface area contributed by atoms with Gasteiger partial charge < -0.3 is 25.0 Å². The molecule has 2 aliphatic rings. The molecule has 2 fully saturated rings. The lowest BCUT2D eigenvalue weighted by molar-refractivity contribution is 0.0434. The Bertz CT molecular complexity index is 1680. The summed E-state index contributed by atoms with van der Waals surface area (Å²) in [5.41, 5.74) is -0.251. The van der Waals surface area contributed by atoms with Gasteiger partial charge >= 0.3 is 22.3 Å². The van der Waals surface area contributed by atoms with Crippen molar-refractivity contribution in [2.75, 3.05) is 34.6 Å². The van der Waals surface area contributed by atoms with Crippen LogP contribution in [0.3, 0.4) is 0 Å². The maximum absolute atomic E-state index is 12.6. The Morgan fingerprint density at radius 3 is 2.45 bits per heavy atom. The Kier molecular flexibility index (Phi) is 10.4. The average molecular weight is 704 g/mol. The van der Waals surface area contributed by atoms with Gasteiger partial charge in [0.1, 0.15) is 16.4 Å². The van der Waals surface area contributed by atoms with E-state index in [-0.39, 0.29) is 28.3 Å². The molecule has 13 nitrogen and oxygen atoms in total. The summed E-state index contributed by atoms with van der Waals surface area (Å²) in [4.78, 5) is 36.6. The number of halogens is 1. The second kappa shape index (κ2) is 14.1. The first kappa shape index (κ1) is 34.5. The molecule has 2 aliphatic heterocycles. The zero-order valence-electron chi connectivity index (χ0n) is 26.4. The number of para-hydroxylation sites is 1. The van der Waals surface area contributed by atoms with Crippen molar-refractivity contribution in [2.24, 2.45) is 5.41 Å². The third kappa shape index (κ3) is 8.97. The van der Waals surface area contributed by atoms with Crippen molar-refractivity contribution in [2.45, 2.75) is 68.2 Å². The average Bonchev–Trinajstić information content (AvgIpc) is 3.29. The molecule has 5 rings (SSSR count). The van der Waals surface area contributed by atoms with Crippen molar-refractivity contribution >= 4 is 62.9 Å². The quantitative estimate of drug-likeness (QED) is 0.230. The summed E-state index contributed by atoms with van der Waals surface area (Å²) in [5, 5.41) is 6.21. The van der Waals surface area contributed by atoms with E-state index < -0.39 is 27.9 Å². The van der Waals surface area contributed by atoms with E-state index in [2.05, 4.69) is 30.2 Å².